The maximum Gasteiger partial charge on any atom is 0.125 e. The Hall–Kier alpha value is -1.03. The van der Waals surface area contributed by atoms with Crippen LogP contribution in [0.25, 0.3) is 11.0 Å². The minimum Gasteiger partial charge on any atom is -0.323 e. The average molecular weight is 325 g/mol. The van der Waals surface area contributed by atoms with Gasteiger partial charge in [0.1, 0.15) is 5.82 Å². The second kappa shape index (κ2) is 5.76. The molecule has 1 atom stereocenters. The van der Waals surface area contributed by atoms with E-state index in [1.54, 1.807) is 11.3 Å². The van der Waals surface area contributed by atoms with E-state index in [2.05, 4.69) is 34.0 Å². The van der Waals surface area contributed by atoms with E-state index in [9.17, 15) is 0 Å². The van der Waals surface area contributed by atoms with E-state index in [1.165, 1.54) is 4.88 Å². The van der Waals surface area contributed by atoms with Crippen LogP contribution in [0.1, 0.15) is 23.7 Å². The van der Waals surface area contributed by atoms with E-state index in [1.807, 2.05) is 18.2 Å². The van der Waals surface area contributed by atoms with Crippen LogP contribution in [0.15, 0.2) is 35.7 Å². The van der Waals surface area contributed by atoms with E-state index >= 15 is 0 Å². The molecular formula is C15H14Cl2N2S. The fraction of sp³-hybridized carbons (Fsp3) is 0.267. The second-order valence-corrected chi connectivity index (χ2v) is 6.48. The third-order valence-electron chi connectivity index (χ3n) is 3.37. The first kappa shape index (κ1) is 13.9. The van der Waals surface area contributed by atoms with Crippen LogP contribution in [-0.2, 0) is 12.3 Å². The molecule has 1 aromatic carbocycles. The van der Waals surface area contributed by atoms with Gasteiger partial charge in [0.2, 0.25) is 0 Å². The monoisotopic (exact) mass is 324 g/mol. The van der Waals surface area contributed by atoms with Crippen molar-refractivity contribution in [1.29, 1.82) is 0 Å². The molecule has 0 spiro atoms. The minimum absolute atomic E-state index is 0.271. The lowest BCUT2D eigenvalue weighted by atomic mass is 10.2. The highest BCUT2D eigenvalue weighted by molar-refractivity contribution is 7.09. The van der Waals surface area contributed by atoms with Crippen molar-refractivity contribution in [2.75, 3.05) is 0 Å². The molecule has 3 rings (SSSR count). The van der Waals surface area contributed by atoms with Gasteiger partial charge in [-0.15, -0.1) is 22.9 Å². The number of aromatic nitrogens is 2. The molecule has 0 fully saturated rings. The summed E-state index contributed by atoms with van der Waals surface area (Å²) in [5.74, 6) is 1.26. The number of nitrogens with zero attached hydrogens (tertiary/aromatic N) is 2. The van der Waals surface area contributed by atoms with Crippen molar-refractivity contribution >= 4 is 45.6 Å². The van der Waals surface area contributed by atoms with Crippen LogP contribution < -0.4 is 0 Å². The zero-order valence-corrected chi connectivity index (χ0v) is 13.3. The topological polar surface area (TPSA) is 17.8 Å². The molecule has 0 bridgehead atoms. The van der Waals surface area contributed by atoms with Gasteiger partial charge >= 0.3 is 0 Å². The molecule has 0 N–H and O–H groups in total. The van der Waals surface area contributed by atoms with Crippen LogP contribution in [0, 0.1) is 0 Å². The molecular weight excluding hydrogens is 311 g/mol. The largest absolute Gasteiger partial charge is 0.323 e. The van der Waals surface area contributed by atoms with Gasteiger partial charge in [0.25, 0.3) is 0 Å². The molecule has 0 saturated heterocycles. The highest BCUT2D eigenvalue weighted by Gasteiger charge is 2.17. The van der Waals surface area contributed by atoms with Crippen molar-refractivity contribution in [2.24, 2.45) is 0 Å². The first-order valence-corrected chi connectivity index (χ1v) is 8.23. The summed E-state index contributed by atoms with van der Waals surface area (Å²) in [5, 5.41) is 2.83. The molecule has 3 aromatic rings. The van der Waals surface area contributed by atoms with Crippen LogP contribution in [0.5, 0.6) is 0 Å². The predicted molar refractivity (Wildman–Crippen MR) is 87.0 cm³/mol. The highest BCUT2D eigenvalue weighted by atomic mass is 35.5. The fourth-order valence-electron chi connectivity index (χ4n) is 2.53. The van der Waals surface area contributed by atoms with E-state index < -0.39 is 0 Å². The molecule has 2 aromatic heterocycles. The standard InChI is InChI=1S/C15H14Cl2N2S/c1-10(8-11-4-3-7-20-11)19-14(9-16)18-13-6-2-5-12(17)15(13)19/h2-7,10H,8-9H2,1H3. The summed E-state index contributed by atoms with van der Waals surface area (Å²) in [5.41, 5.74) is 1.89. The summed E-state index contributed by atoms with van der Waals surface area (Å²) in [4.78, 5) is 5.95. The normalized spacial score (nSPS) is 12.9. The third kappa shape index (κ3) is 2.46. The molecule has 0 aliphatic rings. The Morgan fingerprint density at radius 3 is 2.85 bits per heavy atom. The summed E-state index contributed by atoms with van der Waals surface area (Å²) in [7, 11) is 0. The molecule has 5 heteroatoms. The van der Waals surface area contributed by atoms with Crippen molar-refractivity contribution in [1.82, 2.24) is 9.55 Å². The number of halogens is 2. The molecule has 2 heterocycles. The maximum atomic E-state index is 6.36. The average Bonchev–Trinajstić information content (AvgIpc) is 3.05. The molecule has 0 radical (unpaired) electrons. The third-order valence-corrected chi connectivity index (χ3v) is 4.81. The van der Waals surface area contributed by atoms with Crippen molar-refractivity contribution < 1.29 is 0 Å². The first-order chi connectivity index (χ1) is 9.70. The minimum atomic E-state index is 0.271. The number of hydrogen-bond acceptors (Lipinski definition) is 2. The Kier molecular flexibility index (Phi) is 4.01. The van der Waals surface area contributed by atoms with Gasteiger partial charge in [-0.25, -0.2) is 4.98 Å². The van der Waals surface area contributed by atoms with Gasteiger partial charge in [-0.1, -0.05) is 23.7 Å². The van der Waals surface area contributed by atoms with Gasteiger partial charge in [0.05, 0.1) is 21.9 Å². The summed E-state index contributed by atoms with van der Waals surface area (Å²) >= 11 is 14.2. The second-order valence-electron chi connectivity index (χ2n) is 4.77. The smallest absolute Gasteiger partial charge is 0.125 e. The van der Waals surface area contributed by atoms with Crippen molar-refractivity contribution in [3.05, 3.63) is 51.4 Å². The van der Waals surface area contributed by atoms with E-state index in [-0.39, 0.29) is 6.04 Å². The quantitative estimate of drug-likeness (QED) is 0.596. The van der Waals surface area contributed by atoms with Gasteiger partial charge in [-0.2, -0.15) is 0 Å². The maximum absolute atomic E-state index is 6.36. The summed E-state index contributed by atoms with van der Waals surface area (Å²) in [6.07, 6.45) is 0.957. The zero-order valence-electron chi connectivity index (χ0n) is 11.0. The number of benzene rings is 1. The summed E-state index contributed by atoms with van der Waals surface area (Å²) in [6, 6.07) is 10.3. The highest BCUT2D eigenvalue weighted by Crippen LogP contribution is 2.30. The number of hydrogen-bond donors (Lipinski definition) is 0. The van der Waals surface area contributed by atoms with Crippen LogP contribution in [0.3, 0.4) is 0 Å². The molecule has 0 aliphatic heterocycles. The Morgan fingerprint density at radius 2 is 2.15 bits per heavy atom. The van der Waals surface area contributed by atoms with Crippen LogP contribution >= 0.6 is 34.5 Å². The number of fused-ring (bicyclic) bond motifs is 1. The SMILES string of the molecule is CC(Cc1cccs1)n1c(CCl)nc2cccc(Cl)c21. The lowest BCUT2D eigenvalue weighted by Gasteiger charge is -2.16. The molecule has 0 amide bonds. The molecule has 1 unspecified atom stereocenters. The zero-order chi connectivity index (χ0) is 14.1. The van der Waals surface area contributed by atoms with Crippen LogP contribution in [-0.4, -0.2) is 9.55 Å². The van der Waals surface area contributed by atoms with E-state index in [0.717, 1.165) is 28.3 Å². The van der Waals surface area contributed by atoms with Gasteiger partial charge in [-0.3, -0.25) is 0 Å². The lowest BCUT2D eigenvalue weighted by molar-refractivity contribution is 0.547. The van der Waals surface area contributed by atoms with E-state index in [0.29, 0.717) is 5.88 Å². The number of rotatable bonds is 4. The van der Waals surface area contributed by atoms with Crippen molar-refractivity contribution in [3.8, 4) is 0 Å². The number of alkyl halides is 1. The van der Waals surface area contributed by atoms with Gasteiger partial charge < -0.3 is 4.57 Å². The molecule has 0 aliphatic carbocycles. The molecule has 20 heavy (non-hydrogen) atoms. The van der Waals surface area contributed by atoms with Gasteiger partial charge in [-0.05, 0) is 30.5 Å². The van der Waals surface area contributed by atoms with Crippen molar-refractivity contribution in [2.45, 2.75) is 25.3 Å². The summed E-state index contributed by atoms with van der Waals surface area (Å²) < 4.78 is 2.17. The fourth-order valence-corrected chi connectivity index (χ4v) is 3.81. The van der Waals surface area contributed by atoms with Gasteiger partial charge in [0, 0.05) is 17.3 Å². The number of thiophene rings is 1. The van der Waals surface area contributed by atoms with Crippen molar-refractivity contribution in [3.63, 3.8) is 0 Å². The molecule has 2 nitrogen and oxygen atoms in total. The first-order valence-electron chi connectivity index (χ1n) is 6.44. The Bertz CT molecular complexity index is 719. The number of para-hydroxylation sites is 1. The Morgan fingerprint density at radius 1 is 1.30 bits per heavy atom. The molecule has 104 valence electrons. The predicted octanol–water partition coefficient (Wildman–Crippen LogP) is 5.29. The number of imidazole rings is 1. The van der Waals surface area contributed by atoms with Gasteiger partial charge in [0.15, 0.2) is 0 Å². The summed E-state index contributed by atoms with van der Waals surface area (Å²) in [6.45, 7) is 2.18. The lowest BCUT2D eigenvalue weighted by Crippen LogP contribution is -2.10. The molecule has 0 saturated carbocycles. The van der Waals surface area contributed by atoms with Crippen LogP contribution in [0.4, 0.5) is 0 Å². The van der Waals surface area contributed by atoms with Crippen LogP contribution in [0.2, 0.25) is 5.02 Å². The Balaban J connectivity index is 2.09. The van der Waals surface area contributed by atoms with E-state index in [4.69, 9.17) is 23.2 Å². The Labute approximate surface area is 132 Å².